The van der Waals surface area contributed by atoms with Crippen molar-refractivity contribution in [2.75, 3.05) is 12.8 Å². The van der Waals surface area contributed by atoms with Crippen molar-refractivity contribution in [1.82, 2.24) is 10.3 Å². The van der Waals surface area contributed by atoms with E-state index in [4.69, 9.17) is 0 Å². The highest BCUT2D eigenvalue weighted by Gasteiger charge is 2.15. The molecule has 1 aromatic rings. The lowest BCUT2D eigenvalue weighted by Crippen LogP contribution is -2.28. The number of nitrogens with zero attached hydrogens (tertiary/aromatic N) is 2. The van der Waals surface area contributed by atoms with Gasteiger partial charge >= 0.3 is 5.69 Å². The molecular formula is C9H11N3O3S2. The van der Waals surface area contributed by atoms with E-state index in [0.29, 0.717) is 10.8 Å². The molecule has 0 saturated carbocycles. The van der Waals surface area contributed by atoms with Crippen molar-refractivity contribution >= 4 is 33.6 Å². The van der Waals surface area contributed by atoms with Crippen molar-refractivity contribution in [2.45, 2.75) is 11.1 Å². The summed E-state index contributed by atoms with van der Waals surface area (Å²) in [7, 11) is 4.24. The first-order chi connectivity index (χ1) is 8.19. The summed E-state index contributed by atoms with van der Waals surface area (Å²) in [5, 5.41) is 13.9. The van der Waals surface area contributed by atoms with E-state index >= 15 is 0 Å². The fraction of sp³-hybridized carbons (Fsp3) is 0.333. The molecule has 0 amide bonds. The minimum absolute atomic E-state index is 0.0166. The molecule has 1 atom stereocenters. The molecule has 0 radical (unpaired) electrons. The molecule has 8 heteroatoms. The quantitative estimate of drug-likeness (QED) is 0.349. The Balaban J connectivity index is 2.57. The van der Waals surface area contributed by atoms with Crippen LogP contribution >= 0.6 is 21.6 Å². The van der Waals surface area contributed by atoms with E-state index in [1.54, 1.807) is 7.05 Å². The van der Waals surface area contributed by atoms with E-state index in [2.05, 4.69) is 10.3 Å². The number of aldehydes is 1. The summed E-state index contributed by atoms with van der Waals surface area (Å²) in [6.45, 7) is 0. The van der Waals surface area contributed by atoms with Gasteiger partial charge in [0.2, 0.25) is 0 Å². The summed E-state index contributed by atoms with van der Waals surface area (Å²) in [4.78, 5) is 24.7. The molecule has 0 aliphatic rings. The molecule has 1 aromatic heterocycles. The number of nitrogens with one attached hydrogen (secondary N) is 1. The molecule has 1 unspecified atom stereocenters. The van der Waals surface area contributed by atoms with Gasteiger partial charge in [-0.25, -0.2) is 4.98 Å². The van der Waals surface area contributed by atoms with Crippen molar-refractivity contribution in [3.8, 4) is 0 Å². The van der Waals surface area contributed by atoms with Crippen LogP contribution in [0.4, 0.5) is 5.69 Å². The molecule has 0 saturated heterocycles. The summed E-state index contributed by atoms with van der Waals surface area (Å²) >= 11 is 0. The summed E-state index contributed by atoms with van der Waals surface area (Å²) in [5.74, 6) is 0.526. The third-order valence-corrected chi connectivity index (χ3v) is 4.19. The van der Waals surface area contributed by atoms with Crippen molar-refractivity contribution in [3.63, 3.8) is 0 Å². The van der Waals surface area contributed by atoms with Crippen LogP contribution in [0.1, 0.15) is 0 Å². The average Bonchev–Trinajstić information content (AvgIpc) is 2.35. The van der Waals surface area contributed by atoms with E-state index in [1.807, 2.05) is 0 Å². The van der Waals surface area contributed by atoms with Crippen molar-refractivity contribution in [3.05, 3.63) is 28.4 Å². The number of aromatic nitrogens is 1. The Hall–Kier alpha value is -1.12. The van der Waals surface area contributed by atoms with Crippen LogP contribution in [-0.2, 0) is 4.79 Å². The lowest BCUT2D eigenvalue weighted by atomic mass is 10.4. The molecule has 0 aliphatic heterocycles. The zero-order chi connectivity index (χ0) is 12.7. The standard InChI is InChI=1S/C9H11N3O3S2/c1-10-7(5-13)6-16-17-9-8(12(14)15)3-2-4-11-9/h2-5,7,10H,6H2,1H3. The van der Waals surface area contributed by atoms with Crippen LogP contribution in [0.3, 0.4) is 0 Å². The predicted molar refractivity (Wildman–Crippen MR) is 68.1 cm³/mol. The first kappa shape index (κ1) is 13.9. The third-order valence-electron chi connectivity index (χ3n) is 1.87. The van der Waals surface area contributed by atoms with E-state index in [-0.39, 0.29) is 11.7 Å². The van der Waals surface area contributed by atoms with Crippen LogP contribution in [0.25, 0.3) is 0 Å². The van der Waals surface area contributed by atoms with Gasteiger partial charge in [0.05, 0.1) is 11.0 Å². The maximum atomic E-state index is 10.7. The predicted octanol–water partition coefficient (Wildman–Crippen LogP) is 1.52. The lowest BCUT2D eigenvalue weighted by Gasteiger charge is -2.06. The molecule has 0 spiro atoms. The molecule has 1 heterocycles. The number of nitro groups is 1. The summed E-state index contributed by atoms with van der Waals surface area (Å²) in [6, 6.07) is 2.68. The molecule has 1 rings (SSSR count). The highest BCUT2D eigenvalue weighted by atomic mass is 33.1. The van der Waals surface area contributed by atoms with Crippen LogP contribution in [-0.4, -0.2) is 35.0 Å². The molecular weight excluding hydrogens is 262 g/mol. The Morgan fingerprint density at radius 2 is 2.47 bits per heavy atom. The second-order valence-corrected chi connectivity index (χ2v) is 5.31. The van der Waals surface area contributed by atoms with Gasteiger partial charge in [-0.15, -0.1) is 0 Å². The number of pyridine rings is 1. The van der Waals surface area contributed by atoms with Gasteiger partial charge in [-0.2, -0.15) is 0 Å². The lowest BCUT2D eigenvalue weighted by molar-refractivity contribution is -0.388. The monoisotopic (exact) mass is 273 g/mol. The van der Waals surface area contributed by atoms with Gasteiger partial charge in [0.15, 0.2) is 5.03 Å². The normalized spacial score (nSPS) is 12.1. The van der Waals surface area contributed by atoms with Gasteiger partial charge in [0.1, 0.15) is 6.29 Å². The highest BCUT2D eigenvalue weighted by molar-refractivity contribution is 8.76. The maximum absolute atomic E-state index is 10.7. The molecule has 92 valence electrons. The Labute approximate surface area is 106 Å². The van der Waals surface area contributed by atoms with Gasteiger partial charge in [-0.05, 0) is 23.9 Å². The van der Waals surface area contributed by atoms with Crippen LogP contribution in [0.15, 0.2) is 23.4 Å². The Bertz CT molecular complexity index is 403. The molecule has 0 bridgehead atoms. The summed E-state index contributed by atoms with van der Waals surface area (Å²) in [5.41, 5.74) is -0.0166. The number of carbonyl (C=O) groups is 1. The van der Waals surface area contributed by atoms with Crippen molar-refractivity contribution in [2.24, 2.45) is 0 Å². The van der Waals surface area contributed by atoms with Crippen LogP contribution in [0.5, 0.6) is 0 Å². The van der Waals surface area contributed by atoms with E-state index < -0.39 is 4.92 Å². The zero-order valence-corrected chi connectivity index (χ0v) is 10.7. The smallest absolute Gasteiger partial charge is 0.302 e. The van der Waals surface area contributed by atoms with Crippen LogP contribution in [0, 0.1) is 10.1 Å². The van der Waals surface area contributed by atoms with Gasteiger partial charge in [-0.3, -0.25) is 10.1 Å². The van der Waals surface area contributed by atoms with E-state index in [1.165, 1.54) is 39.9 Å². The summed E-state index contributed by atoms with van der Waals surface area (Å²) in [6.07, 6.45) is 2.31. The summed E-state index contributed by atoms with van der Waals surface area (Å²) < 4.78 is 0. The number of carbonyl (C=O) groups excluding carboxylic acids is 1. The first-order valence-electron chi connectivity index (χ1n) is 4.70. The minimum atomic E-state index is -0.467. The largest absolute Gasteiger partial charge is 0.310 e. The third kappa shape index (κ3) is 4.33. The van der Waals surface area contributed by atoms with E-state index in [0.717, 1.165) is 6.29 Å². The zero-order valence-electron chi connectivity index (χ0n) is 9.03. The van der Waals surface area contributed by atoms with Gasteiger partial charge in [0, 0.05) is 18.0 Å². The Morgan fingerprint density at radius 3 is 3.06 bits per heavy atom. The molecule has 0 aromatic carbocycles. The Morgan fingerprint density at radius 1 is 1.71 bits per heavy atom. The fourth-order valence-corrected chi connectivity index (χ4v) is 3.21. The van der Waals surface area contributed by atoms with Gasteiger partial charge in [-0.1, -0.05) is 10.8 Å². The highest BCUT2D eigenvalue weighted by Crippen LogP contribution is 2.35. The molecule has 1 N–H and O–H groups in total. The van der Waals surface area contributed by atoms with Crippen LogP contribution in [0.2, 0.25) is 0 Å². The average molecular weight is 273 g/mol. The van der Waals surface area contributed by atoms with Gasteiger partial charge < -0.3 is 10.1 Å². The number of likely N-dealkylation sites (N-methyl/N-ethyl adjacent to an activating group) is 1. The first-order valence-corrected chi connectivity index (χ1v) is 7.02. The van der Waals surface area contributed by atoms with Crippen LogP contribution < -0.4 is 5.32 Å². The number of rotatable bonds is 7. The number of hydrogen-bond acceptors (Lipinski definition) is 7. The van der Waals surface area contributed by atoms with Crippen molar-refractivity contribution < 1.29 is 9.72 Å². The van der Waals surface area contributed by atoms with Gasteiger partial charge in [0.25, 0.3) is 0 Å². The molecule has 6 nitrogen and oxygen atoms in total. The molecule has 17 heavy (non-hydrogen) atoms. The van der Waals surface area contributed by atoms with Crippen molar-refractivity contribution in [1.29, 1.82) is 0 Å². The second kappa shape index (κ2) is 7.25. The maximum Gasteiger partial charge on any atom is 0.302 e. The molecule has 0 fully saturated rings. The molecule has 0 aliphatic carbocycles. The fourth-order valence-electron chi connectivity index (χ4n) is 0.939. The topological polar surface area (TPSA) is 85.1 Å². The Kier molecular flexibility index (Phi) is 5.95. The second-order valence-electron chi connectivity index (χ2n) is 2.98. The SMILES string of the molecule is CNC(C=O)CSSc1ncccc1[N+](=O)[O-]. The number of hydrogen-bond donors (Lipinski definition) is 1. The van der Waals surface area contributed by atoms with E-state index in [9.17, 15) is 14.9 Å². The minimum Gasteiger partial charge on any atom is -0.310 e.